The van der Waals surface area contributed by atoms with Gasteiger partial charge in [-0.2, -0.15) is 0 Å². The number of hydrogen-bond acceptors (Lipinski definition) is 13. The second-order valence-corrected chi connectivity index (χ2v) is 13.5. The molecule has 2 aliphatic rings. The third-order valence-corrected chi connectivity index (χ3v) is 6.92. The molecule has 2 saturated heterocycles. The van der Waals surface area contributed by atoms with E-state index in [1.165, 1.54) is 26.3 Å². The van der Waals surface area contributed by atoms with E-state index < -0.39 is 29.4 Å². The van der Waals surface area contributed by atoms with Crippen LogP contribution in [0.2, 0.25) is 0 Å². The minimum absolute atomic E-state index is 0.0265. The maximum atomic E-state index is 12.3. The molecule has 0 aliphatic carbocycles. The standard InChI is InChI=1S/C15H24N6O4.C15H23N5O5/c1-15(2,3)25-14(24)20-6-5-19(13(23)10-20)7-11-8-21(18-17-11)9-12(22)16-4;1-15(2,3)25-14(23)19-6-5-18(12(21)9-19)7-11-8-20(17-16-11)10-13(22)24-4/h8H,5-7,9-10H2,1-4H3,(H,16,22);8H,5-7,9-10H2,1-4H3. The molecule has 0 atom stereocenters. The van der Waals surface area contributed by atoms with Gasteiger partial charge in [0, 0.05) is 33.2 Å². The number of methoxy groups -OCH3 is 1. The molecule has 20 heteroatoms. The van der Waals surface area contributed by atoms with Gasteiger partial charge in [0.15, 0.2) is 0 Å². The minimum Gasteiger partial charge on any atom is -0.468 e. The van der Waals surface area contributed by atoms with E-state index in [1.54, 1.807) is 70.8 Å². The first-order chi connectivity index (χ1) is 23.3. The van der Waals surface area contributed by atoms with Gasteiger partial charge < -0.3 is 29.3 Å². The zero-order valence-corrected chi connectivity index (χ0v) is 29.9. The molecule has 4 heterocycles. The van der Waals surface area contributed by atoms with E-state index >= 15 is 0 Å². The van der Waals surface area contributed by atoms with Gasteiger partial charge in [0.25, 0.3) is 0 Å². The molecule has 276 valence electrons. The van der Waals surface area contributed by atoms with Gasteiger partial charge in [0.1, 0.15) is 48.8 Å². The minimum atomic E-state index is -0.602. The molecular weight excluding hydrogens is 658 g/mol. The molecule has 2 fully saturated rings. The van der Waals surface area contributed by atoms with Gasteiger partial charge in [0.2, 0.25) is 17.7 Å². The Hall–Kier alpha value is -5.30. The Morgan fingerprint density at radius 3 is 1.50 bits per heavy atom. The van der Waals surface area contributed by atoms with Crippen LogP contribution in [0.15, 0.2) is 12.4 Å². The Bertz CT molecular complexity index is 1410. The van der Waals surface area contributed by atoms with Crippen molar-refractivity contribution >= 4 is 35.9 Å². The molecule has 0 spiro atoms. The molecule has 0 saturated carbocycles. The van der Waals surface area contributed by atoms with Crippen LogP contribution in [0.3, 0.4) is 0 Å². The molecular formula is C30H47N11O9. The predicted molar refractivity (Wildman–Crippen MR) is 173 cm³/mol. The van der Waals surface area contributed by atoms with Crippen molar-refractivity contribution in [2.75, 3.05) is 53.4 Å². The summed E-state index contributed by atoms with van der Waals surface area (Å²) >= 11 is 0. The number of nitrogens with zero attached hydrogens (tertiary/aromatic N) is 10. The molecule has 5 amide bonds. The van der Waals surface area contributed by atoms with E-state index in [-0.39, 0.29) is 57.0 Å². The lowest BCUT2D eigenvalue weighted by molar-refractivity contribution is -0.141. The van der Waals surface area contributed by atoms with Gasteiger partial charge in [-0.15, -0.1) is 10.2 Å². The summed E-state index contributed by atoms with van der Waals surface area (Å²) in [4.78, 5) is 77.1. The topological polar surface area (TPSA) is 217 Å². The first-order valence-corrected chi connectivity index (χ1v) is 15.9. The lowest BCUT2D eigenvalue weighted by Crippen LogP contribution is -2.52. The van der Waals surface area contributed by atoms with Gasteiger partial charge >= 0.3 is 18.2 Å². The van der Waals surface area contributed by atoms with Crippen molar-refractivity contribution in [3.63, 3.8) is 0 Å². The molecule has 2 aromatic heterocycles. The van der Waals surface area contributed by atoms with Crippen LogP contribution in [0.1, 0.15) is 52.9 Å². The lowest BCUT2D eigenvalue weighted by Gasteiger charge is -2.34. The van der Waals surface area contributed by atoms with Gasteiger partial charge in [-0.25, -0.2) is 19.0 Å². The van der Waals surface area contributed by atoms with Crippen LogP contribution in [-0.2, 0) is 59.6 Å². The number of ether oxygens (including phenoxy) is 3. The highest BCUT2D eigenvalue weighted by Gasteiger charge is 2.32. The van der Waals surface area contributed by atoms with Crippen molar-refractivity contribution in [3.8, 4) is 0 Å². The van der Waals surface area contributed by atoms with Crippen LogP contribution in [0, 0.1) is 0 Å². The molecule has 0 aromatic carbocycles. The van der Waals surface area contributed by atoms with E-state index in [0.717, 1.165) is 0 Å². The highest BCUT2D eigenvalue weighted by Crippen LogP contribution is 2.15. The average Bonchev–Trinajstić information content (AvgIpc) is 3.66. The number of carbonyl (C=O) groups excluding carboxylic acids is 6. The zero-order valence-electron chi connectivity index (χ0n) is 29.9. The Kier molecular flexibility index (Phi) is 13.2. The maximum Gasteiger partial charge on any atom is 0.410 e. The van der Waals surface area contributed by atoms with Gasteiger partial charge in [-0.3, -0.25) is 29.0 Å². The maximum absolute atomic E-state index is 12.3. The third kappa shape index (κ3) is 12.6. The van der Waals surface area contributed by atoms with E-state index in [4.69, 9.17) is 9.47 Å². The summed E-state index contributed by atoms with van der Waals surface area (Å²) < 4.78 is 17.9. The van der Waals surface area contributed by atoms with Gasteiger partial charge in [0.05, 0.1) is 32.6 Å². The monoisotopic (exact) mass is 705 g/mol. The summed E-state index contributed by atoms with van der Waals surface area (Å²) in [5.74, 6) is -0.991. The lowest BCUT2D eigenvalue weighted by atomic mass is 10.2. The SMILES string of the molecule is CNC(=O)Cn1cc(CN2CCN(C(=O)OC(C)(C)C)CC2=O)nn1.COC(=O)Cn1cc(CN2CCN(C(=O)OC(C)(C)C)CC2=O)nn1. The fraction of sp³-hybridized carbons (Fsp3) is 0.667. The van der Waals surface area contributed by atoms with Gasteiger partial charge in [-0.05, 0) is 41.5 Å². The molecule has 50 heavy (non-hydrogen) atoms. The third-order valence-electron chi connectivity index (χ3n) is 6.92. The zero-order chi connectivity index (χ0) is 37.2. The summed E-state index contributed by atoms with van der Waals surface area (Å²) in [6, 6.07) is 0. The van der Waals surface area contributed by atoms with E-state index in [1.807, 2.05) is 0 Å². The largest absolute Gasteiger partial charge is 0.468 e. The van der Waals surface area contributed by atoms with Crippen LogP contribution in [0.25, 0.3) is 0 Å². The Morgan fingerprint density at radius 1 is 0.720 bits per heavy atom. The number of esters is 1. The van der Waals surface area contributed by atoms with Crippen molar-refractivity contribution in [1.29, 1.82) is 0 Å². The number of rotatable bonds is 8. The number of nitrogens with one attached hydrogen (secondary N) is 1. The second-order valence-electron chi connectivity index (χ2n) is 13.5. The van der Waals surface area contributed by atoms with Crippen LogP contribution < -0.4 is 5.32 Å². The number of carbonyl (C=O) groups is 6. The van der Waals surface area contributed by atoms with Crippen molar-refractivity contribution < 1.29 is 43.0 Å². The van der Waals surface area contributed by atoms with Crippen molar-refractivity contribution in [1.82, 2.24) is 54.9 Å². The number of aromatic nitrogens is 6. The summed E-state index contributed by atoms with van der Waals surface area (Å²) in [5, 5.41) is 18.1. The highest BCUT2D eigenvalue weighted by atomic mass is 16.6. The van der Waals surface area contributed by atoms with Crippen LogP contribution >= 0.6 is 0 Å². The summed E-state index contributed by atoms with van der Waals surface area (Å²) in [7, 11) is 2.84. The number of hydrogen-bond donors (Lipinski definition) is 1. The van der Waals surface area contributed by atoms with E-state index in [0.29, 0.717) is 37.6 Å². The van der Waals surface area contributed by atoms with E-state index in [2.05, 4.69) is 30.7 Å². The van der Waals surface area contributed by atoms with Gasteiger partial charge in [-0.1, -0.05) is 10.4 Å². The molecule has 2 aliphatic heterocycles. The quantitative estimate of drug-likeness (QED) is 0.274. The average molecular weight is 706 g/mol. The smallest absolute Gasteiger partial charge is 0.410 e. The molecule has 1 N–H and O–H groups in total. The fourth-order valence-electron chi connectivity index (χ4n) is 4.51. The number of likely N-dealkylation sites (N-methyl/N-ethyl adjacent to an activating group) is 1. The number of amides is 5. The normalized spacial score (nSPS) is 15.3. The van der Waals surface area contributed by atoms with Crippen LogP contribution in [0.5, 0.6) is 0 Å². The Morgan fingerprint density at radius 2 is 1.14 bits per heavy atom. The second kappa shape index (κ2) is 16.9. The highest BCUT2D eigenvalue weighted by molar-refractivity contribution is 5.84. The van der Waals surface area contributed by atoms with Crippen LogP contribution in [-0.4, -0.2) is 150 Å². The summed E-state index contributed by atoms with van der Waals surface area (Å²) in [6.07, 6.45) is 2.23. The first kappa shape index (κ1) is 39.1. The molecule has 0 bridgehead atoms. The summed E-state index contributed by atoms with van der Waals surface area (Å²) in [5.41, 5.74) is -0.0541. The summed E-state index contributed by atoms with van der Waals surface area (Å²) in [6.45, 7) is 12.8. The van der Waals surface area contributed by atoms with Crippen molar-refractivity contribution in [2.24, 2.45) is 0 Å². The van der Waals surface area contributed by atoms with Crippen molar-refractivity contribution in [2.45, 2.75) is 78.9 Å². The molecule has 20 nitrogen and oxygen atoms in total. The van der Waals surface area contributed by atoms with Crippen molar-refractivity contribution in [3.05, 3.63) is 23.8 Å². The molecule has 0 unspecified atom stereocenters. The number of piperazine rings is 2. The Balaban J connectivity index is 0.000000270. The molecule has 2 aromatic rings. The first-order valence-electron chi connectivity index (χ1n) is 15.9. The molecule has 0 radical (unpaired) electrons. The molecule has 4 rings (SSSR count). The van der Waals surface area contributed by atoms with E-state index in [9.17, 15) is 28.8 Å². The Labute approximate surface area is 289 Å². The predicted octanol–water partition coefficient (Wildman–Crippen LogP) is -0.366. The van der Waals surface area contributed by atoms with Crippen LogP contribution in [0.4, 0.5) is 9.59 Å². The fourth-order valence-corrected chi connectivity index (χ4v) is 4.51.